The minimum atomic E-state index is -0.279. The lowest BCUT2D eigenvalue weighted by molar-refractivity contribution is 0.343. The molecular formula is C23H17FO. The van der Waals surface area contributed by atoms with E-state index in [2.05, 4.69) is 11.8 Å². The summed E-state index contributed by atoms with van der Waals surface area (Å²) in [6.45, 7) is -0.0811. The number of hydrogen-bond acceptors (Lipinski definition) is 1. The van der Waals surface area contributed by atoms with Gasteiger partial charge in [0, 0.05) is 11.1 Å². The van der Waals surface area contributed by atoms with Gasteiger partial charge in [-0.1, -0.05) is 60.4 Å². The van der Waals surface area contributed by atoms with Crippen molar-refractivity contribution < 1.29 is 9.50 Å². The summed E-state index contributed by atoms with van der Waals surface area (Å²) in [6.07, 6.45) is 1.72. The molecule has 2 heteroatoms. The quantitative estimate of drug-likeness (QED) is 0.694. The Morgan fingerprint density at radius 1 is 0.760 bits per heavy atom. The van der Waals surface area contributed by atoms with Crippen LogP contribution >= 0.6 is 0 Å². The van der Waals surface area contributed by atoms with Gasteiger partial charge in [-0.25, -0.2) is 4.39 Å². The van der Waals surface area contributed by atoms with Crippen molar-refractivity contribution in [3.63, 3.8) is 0 Å². The molecule has 0 aliphatic carbocycles. The van der Waals surface area contributed by atoms with Crippen LogP contribution in [0.15, 0.2) is 84.9 Å². The standard InChI is InChI=1S/C23H17FO/c24-22-14-12-21(13-15-22)23(16-17-25)20-10-8-19(9-11-20)7-6-18-4-2-1-3-5-18/h1-5,8-16,25H,17H2/b23-16-. The number of rotatable bonds is 3. The Balaban J connectivity index is 1.86. The van der Waals surface area contributed by atoms with Gasteiger partial charge in [0.1, 0.15) is 5.82 Å². The average Bonchev–Trinajstić information content (AvgIpc) is 2.67. The lowest BCUT2D eigenvalue weighted by Gasteiger charge is -2.08. The topological polar surface area (TPSA) is 20.2 Å². The van der Waals surface area contributed by atoms with E-state index in [1.54, 1.807) is 18.2 Å². The van der Waals surface area contributed by atoms with Crippen molar-refractivity contribution in [1.29, 1.82) is 0 Å². The third-order valence-corrected chi connectivity index (χ3v) is 3.77. The van der Waals surface area contributed by atoms with Gasteiger partial charge in [0.05, 0.1) is 6.61 Å². The summed E-state index contributed by atoms with van der Waals surface area (Å²) in [7, 11) is 0. The predicted octanol–water partition coefficient (Wildman–Crippen LogP) is 4.65. The molecule has 0 unspecified atom stereocenters. The lowest BCUT2D eigenvalue weighted by Crippen LogP contribution is -1.91. The second-order valence-corrected chi connectivity index (χ2v) is 5.50. The summed E-state index contributed by atoms with van der Waals surface area (Å²) >= 11 is 0. The largest absolute Gasteiger partial charge is 0.392 e. The number of benzene rings is 3. The summed E-state index contributed by atoms with van der Waals surface area (Å²) in [5, 5.41) is 9.31. The first-order valence-corrected chi connectivity index (χ1v) is 8.01. The molecule has 0 amide bonds. The van der Waals surface area contributed by atoms with Crippen molar-refractivity contribution in [2.24, 2.45) is 0 Å². The van der Waals surface area contributed by atoms with Crippen LogP contribution in [0.25, 0.3) is 5.57 Å². The van der Waals surface area contributed by atoms with E-state index in [1.165, 1.54) is 12.1 Å². The Kier molecular flexibility index (Phi) is 5.41. The van der Waals surface area contributed by atoms with Gasteiger partial charge in [0.15, 0.2) is 0 Å². The summed E-state index contributed by atoms with van der Waals surface area (Å²) < 4.78 is 13.1. The van der Waals surface area contributed by atoms with Crippen LogP contribution in [0.1, 0.15) is 22.3 Å². The smallest absolute Gasteiger partial charge is 0.123 e. The van der Waals surface area contributed by atoms with Crippen molar-refractivity contribution in [3.05, 3.63) is 113 Å². The van der Waals surface area contributed by atoms with Gasteiger partial charge in [-0.05, 0) is 53.1 Å². The first-order valence-electron chi connectivity index (χ1n) is 8.01. The van der Waals surface area contributed by atoms with Crippen molar-refractivity contribution in [3.8, 4) is 11.8 Å². The van der Waals surface area contributed by atoms with Crippen LogP contribution in [-0.4, -0.2) is 11.7 Å². The van der Waals surface area contributed by atoms with E-state index in [4.69, 9.17) is 0 Å². The zero-order valence-electron chi connectivity index (χ0n) is 13.6. The Morgan fingerprint density at radius 3 is 1.84 bits per heavy atom. The van der Waals surface area contributed by atoms with Gasteiger partial charge in [-0.3, -0.25) is 0 Å². The normalized spacial score (nSPS) is 10.9. The van der Waals surface area contributed by atoms with Crippen LogP contribution in [0.4, 0.5) is 4.39 Å². The van der Waals surface area contributed by atoms with Crippen LogP contribution in [0.3, 0.4) is 0 Å². The summed E-state index contributed by atoms with van der Waals surface area (Å²) in [5.74, 6) is 5.99. The summed E-state index contributed by atoms with van der Waals surface area (Å²) in [4.78, 5) is 0. The van der Waals surface area contributed by atoms with Crippen LogP contribution in [0.2, 0.25) is 0 Å². The molecule has 122 valence electrons. The molecule has 3 aromatic carbocycles. The van der Waals surface area contributed by atoms with Crippen LogP contribution in [0.5, 0.6) is 0 Å². The Hall–Kier alpha value is -3.15. The highest BCUT2D eigenvalue weighted by molar-refractivity contribution is 5.80. The molecule has 0 aliphatic heterocycles. The van der Waals surface area contributed by atoms with Crippen molar-refractivity contribution in [2.45, 2.75) is 0 Å². The maximum Gasteiger partial charge on any atom is 0.123 e. The SMILES string of the molecule is OC/C=C(\c1ccc(F)cc1)c1ccc(C#Cc2ccccc2)cc1. The van der Waals surface area contributed by atoms with E-state index in [1.807, 2.05) is 54.6 Å². The number of hydrogen-bond donors (Lipinski definition) is 1. The molecule has 3 aromatic rings. The van der Waals surface area contributed by atoms with Crippen LogP contribution in [0, 0.1) is 17.7 Å². The molecule has 1 nitrogen and oxygen atoms in total. The molecular weight excluding hydrogens is 311 g/mol. The maximum absolute atomic E-state index is 13.1. The van der Waals surface area contributed by atoms with E-state index in [9.17, 15) is 9.50 Å². The van der Waals surface area contributed by atoms with Gasteiger partial charge in [0.25, 0.3) is 0 Å². The highest BCUT2D eigenvalue weighted by Crippen LogP contribution is 2.24. The van der Waals surface area contributed by atoms with E-state index >= 15 is 0 Å². The van der Waals surface area contributed by atoms with E-state index in [-0.39, 0.29) is 12.4 Å². The Bertz CT molecular complexity index is 912. The fraction of sp³-hybridized carbons (Fsp3) is 0.0435. The Labute approximate surface area is 147 Å². The third kappa shape index (κ3) is 4.44. The van der Waals surface area contributed by atoms with Gasteiger partial charge in [0.2, 0.25) is 0 Å². The van der Waals surface area contributed by atoms with E-state index in [0.29, 0.717) is 0 Å². The molecule has 0 aromatic heterocycles. The van der Waals surface area contributed by atoms with Gasteiger partial charge >= 0.3 is 0 Å². The molecule has 0 bridgehead atoms. The van der Waals surface area contributed by atoms with Gasteiger partial charge in [-0.2, -0.15) is 0 Å². The van der Waals surface area contributed by atoms with Gasteiger partial charge in [-0.15, -0.1) is 0 Å². The second kappa shape index (κ2) is 8.10. The molecule has 3 rings (SSSR count). The molecule has 0 radical (unpaired) electrons. The highest BCUT2D eigenvalue weighted by atomic mass is 19.1. The van der Waals surface area contributed by atoms with Crippen LogP contribution in [-0.2, 0) is 0 Å². The zero-order chi connectivity index (χ0) is 17.5. The summed E-state index contributed by atoms with van der Waals surface area (Å²) in [5.41, 5.74) is 4.56. The van der Waals surface area contributed by atoms with Crippen LogP contribution < -0.4 is 0 Å². The summed E-state index contributed by atoms with van der Waals surface area (Å²) in [6, 6.07) is 23.9. The number of halogens is 1. The Morgan fingerprint density at radius 2 is 1.28 bits per heavy atom. The molecule has 0 aliphatic rings. The van der Waals surface area contributed by atoms with Gasteiger partial charge < -0.3 is 5.11 Å². The molecule has 0 heterocycles. The third-order valence-electron chi connectivity index (χ3n) is 3.77. The van der Waals surface area contributed by atoms with E-state index in [0.717, 1.165) is 27.8 Å². The zero-order valence-corrected chi connectivity index (χ0v) is 13.6. The monoisotopic (exact) mass is 328 g/mol. The second-order valence-electron chi connectivity index (χ2n) is 5.50. The van der Waals surface area contributed by atoms with Crippen molar-refractivity contribution in [2.75, 3.05) is 6.61 Å². The lowest BCUT2D eigenvalue weighted by atomic mass is 9.96. The molecule has 0 fully saturated rings. The van der Waals surface area contributed by atoms with E-state index < -0.39 is 0 Å². The fourth-order valence-electron chi connectivity index (χ4n) is 2.52. The molecule has 25 heavy (non-hydrogen) atoms. The molecule has 0 saturated heterocycles. The minimum absolute atomic E-state index is 0.0811. The molecule has 0 atom stereocenters. The fourth-order valence-corrected chi connectivity index (χ4v) is 2.52. The molecule has 0 saturated carbocycles. The minimum Gasteiger partial charge on any atom is -0.392 e. The number of aliphatic hydroxyl groups is 1. The average molecular weight is 328 g/mol. The predicted molar refractivity (Wildman–Crippen MR) is 99.4 cm³/mol. The maximum atomic E-state index is 13.1. The van der Waals surface area contributed by atoms with Crippen molar-refractivity contribution in [1.82, 2.24) is 0 Å². The first kappa shape index (κ1) is 16.7. The molecule has 0 spiro atoms. The first-order chi connectivity index (χ1) is 12.3. The van der Waals surface area contributed by atoms with Crippen molar-refractivity contribution >= 4 is 5.57 Å². The number of aliphatic hydroxyl groups excluding tert-OH is 1. The highest BCUT2D eigenvalue weighted by Gasteiger charge is 2.05. The molecule has 1 N–H and O–H groups in total.